The minimum absolute atomic E-state index is 0.0901. The average molecular weight is 324 g/mol. The van der Waals surface area contributed by atoms with Crippen molar-refractivity contribution >= 4 is 23.4 Å². The van der Waals surface area contributed by atoms with Crippen LogP contribution >= 0.6 is 11.6 Å². The van der Waals surface area contributed by atoms with Gasteiger partial charge in [-0.1, -0.05) is 11.6 Å². The van der Waals surface area contributed by atoms with Crippen molar-refractivity contribution in [3.8, 4) is 6.07 Å². The molecule has 7 heteroatoms. The van der Waals surface area contributed by atoms with E-state index in [4.69, 9.17) is 16.9 Å². The number of hydrogen-bond donors (Lipinski definition) is 1. The second kappa shape index (κ2) is 6.50. The molecule has 1 N–H and O–H groups in total. The van der Waals surface area contributed by atoms with Crippen LogP contribution in [0.3, 0.4) is 0 Å². The van der Waals surface area contributed by atoms with Crippen LogP contribution < -0.4 is 5.32 Å². The van der Waals surface area contributed by atoms with Gasteiger partial charge in [0.15, 0.2) is 0 Å². The van der Waals surface area contributed by atoms with Gasteiger partial charge >= 0.3 is 6.18 Å². The molecule has 1 aromatic heterocycles. The van der Waals surface area contributed by atoms with Crippen molar-refractivity contribution in [1.29, 1.82) is 5.26 Å². The van der Waals surface area contributed by atoms with Crippen LogP contribution in [0.25, 0.3) is 6.08 Å². The van der Waals surface area contributed by atoms with E-state index in [1.165, 1.54) is 12.3 Å². The normalized spacial score (nSPS) is 11.4. The van der Waals surface area contributed by atoms with Crippen molar-refractivity contribution in [3.63, 3.8) is 0 Å². The smallest absolute Gasteiger partial charge is 0.362 e. The van der Waals surface area contributed by atoms with E-state index < -0.39 is 11.7 Å². The molecule has 0 amide bonds. The summed E-state index contributed by atoms with van der Waals surface area (Å²) in [4.78, 5) is 3.68. The molecule has 0 saturated heterocycles. The number of nitriles is 1. The number of anilines is 1. The van der Waals surface area contributed by atoms with Crippen LogP contribution in [0.5, 0.6) is 0 Å². The van der Waals surface area contributed by atoms with Crippen molar-refractivity contribution in [1.82, 2.24) is 4.98 Å². The Morgan fingerprint density at radius 2 is 1.91 bits per heavy atom. The van der Waals surface area contributed by atoms with Crippen molar-refractivity contribution in [3.05, 3.63) is 64.6 Å². The van der Waals surface area contributed by atoms with Crippen LogP contribution in [0.4, 0.5) is 18.9 Å². The molecule has 0 spiro atoms. The lowest BCUT2D eigenvalue weighted by atomic mass is 10.2. The van der Waals surface area contributed by atoms with Gasteiger partial charge in [0, 0.05) is 18.1 Å². The van der Waals surface area contributed by atoms with Crippen molar-refractivity contribution in [2.24, 2.45) is 0 Å². The zero-order chi connectivity index (χ0) is 16.2. The molecule has 0 saturated carbocycles. The molecule has 22 heavy (non-hydrogen) atoms. The Bertz CT molecular complexity index is 731. The van der Waals surface area contributed by atoms with E-state index >= 15 is 0 Å². The van der Waals surface area contributed by atoms with Crippen molar-refractivity contribution in [2.45, 2.75) is 6.18 Å². The molecule has 0 bridgehead atoms. The van der Waals surface area contributed by atoms with Crippen molar-refractivity contribution < 1.29 is 13.2 Å². The summed E-state index contributed by atoms with van der Waals surface area (Å²) in [5.41, 5.74) is 0.575. The van der Waals surface area contributed by atoms with Gasteiger partial charge in [0.05, 0.1) is 27.9 Å². The van der Waals surface area contributed by atoms with Crippen LogP contribution in [-0.2, 0) is 6.18 Å². The molecular weight excluding hydrogens is 315 g/mol. The van der Waals surface area contributed by atoms with Crippen LogP contribution in [-0.4, -0.2) is 4.98 Å². The number of benzene rings is 1. The SMILES string of the molecule is N#Cc1ccc(NC=Cc2ncc(C(F)(F)F)cc2Cl)cc1. The number of nitrogens with zero attached hydrogens (tertiary/aromatic N) is 2. The summed E-state index contributed by atoms with van der Waals surface area (Å²) in [6.07, 6.45) is -0.781. The first-order valence-electron chi connectivity index (χ1n) is 6.06. The van der Waals surface area contributed by atoms with Gasteiger partial charge in [-0.3, -0.25) is 4.98 Å². The lowest BCUT2D eigenvalue weighted by molar-refractivity contribution is -0.137. The highest BCUT2D eigenvalue weighted by Crippen LogP contribution is 2.31. The summed E-state index contributed by atoms with van der Waals surface area (Å²) >= 11 is 5.78. The standard InChI is InChI=1S/C15H9ClF3N3/c16-13-7-11(15(17,18)19)9-22-14(13)5-6-21-12-3-1-10(8-20)2-4-12/h1-7,9,21H. The maximum absolute atomic E-state index is 12.5. The third kappa shape index (κ3) is 3.99. The molecule has 2 aromatic rings. The predicted octanol–water partition coefficient (Wildman–Crippen LogP) is 4.71. The molecule has 0 aliphatic rings. The average Bonchev–Trinajstić information content (AvgIpc) is 2.48. The number of alkyl halides is 3. The van der Waals surface area contributed by atoms with Gasteiger partial charge in [0.2, 0.25) is 0 Å². The van der Waals surface area contributed by atoms with Gasteiger partial charge in [-0.15, -0.1) is 0 Å². The van der Waals surface area contributed by atoms with E-state index in [1.807, 2.05) is 6.07 Å². The van der Waals surface area contributed by atoms with E-state index in [0.29, 0.717) is 5.56 Å². The lowest BCUT2D eigenvalue weighted by Crippen LogP contribution is -2.05. The molecule has 1 aromatic carbocycles. The maximum Gasteiger partial charge on any atom is 0.417 e. The fraction of sp³-hybridized carbons (Fsp3) is 0.0667. The zero-order valence-corrected chi connectivity index (χ0v) is 11.8. The number of halogens is 4. The first-order valence-corrected chi connectivity index (χ1v) is 6.44. The molecule has 0 atom stereocenters. The molecule has 3 nitrogen and oxygen atoms in total. The number of nitrogens with one attached hydrogen (secondary N) is 1. The van der Waals surface area contributed by atoms with Gasteiger partial charge in [-0.25, -0.2) is 0 Å². The minimum Gasteiger partial charge on any atom is -0.362 e. The van der Waals surface area contributed by atoms with E-state index in [0.717, 1.165) is 18.0 Å². The Morgan fingerprint density at radius 1 is 1.23 bits per heavy atom. The molecule has 112 valence electrons. The third-order valence-corrected chi connectivity index (χ3v) is 3.00. The van der Waals surface area contributed by atoms with Crippen molar-refractivity contribution in [2.75, 3.05) is 5.32 Å². The Hall–Kier alpha value is -2.52. The number of hydrogen-bond acceptors (Lipinski definition) is 3. The van der Waals surface area contributed by atoms with Crippen LogP contribution in [0, 0.1) is 11.3 Å². The largest absolute Gasteiger partial charge is 0.417 e. The summed E-state index contributed by atoms with van der Waals surface area (Å²) < 4.78 is 37.4. The highest BCUT2D eigenvalue weighted by atomic mass is 35.5. The third-order valence-electron chi connectivity index (χ3n) is 2.70. The summed E-state index contributed by atoms with van der Waals surface area (Å²) in [6, 6.07) is 9.50. The highest BCUT2D eigenvalue weighted by molar-refractivity contribution is 6.31. The van der Waals surface area contributed by atoms with Gasteiger partial charge < -0.3 is 5.32 Å². The Balaban J connectivity index is 2.08. The topological polar surface area (TPSA) is 48.7 Å². The molecule has 0 aliphatic carbocycles. The Morgan fingerprint density at radius 3 is 2.45 bits per heavy atom. The fourth-order valence-corrected chi connectivity index (χ4v) is 1.81. The summed E-state index contributed by atoms with van der Waals surface area (Å²) in [5.74, 6) is 0. The number of pyridine rings is 1. The first kappa shape index (κ1) is 15.9. The van der Waals surface area contributed by atoms with Gasteiger partial charge in [0.1, 0.15) is 0 Å². The zero-order valence-electron chi connectivity index (χ0n) is 11.0. The fourth-order valence-electron chi connectivity index (χ4n) is 1.58. The molecule has 1 heterocycles. The van der Waals surface area contributed by atoms with E-state index in [2.05, 4.69) is 10.3 Å². The lowest BCUT2D eigenvalue weighted by Gasteiger charge is -2.07. The van der Waals surface area contributed by atoms with Crippen LogP contribution in [0.1, 0.15) is 16.8 Å². The van der Waals surface area contributed by atoms with E-state index in [9.17, 15) is 13.2 Å². The number of rotatable bonds is 3. The molecule has 0 fully saturated rings. The van der Waals surface area contributed by atoms with Gasteiger partial charge in [0.25, 0.3) is 0 Å². The maximum atomic E-state index is 12.5. The van der Waals surface area contributed by atoms with Crippen LogP contribution in [0.15, 0.2) is 42.7 Å². The monoisotopic (exact) mass is 323 g/mol. The quantitative estimate of drug-likeness (QED) is 0.890. The molecule has 0 radical (unpaired) electrons. The van der Waals surface area contributed by atoms with Crippen LogP contribution in [0.2, 0.25) is 5.02 Å². The first-order chi connectivity index (χ1) is 10.4. The molecule has 0 unspecified atom stereocenters. The molecular formula is C15H9ClF3N3. The van der Waals surface area contributed by atoms with Gasteiger partial charge in [-0.2, -0.15) is 18.4 Å². The van der Waals surface area contributed by atoms with Gasteiger partial charge in [-0.05, 0) is 36.4 Å². The van der Waals surface area contributed by atoms with E-state index in [1.54, 1.807) is 24.3 Å². The summed E-state index contributed by atoms with van der Waals surface area (Å²) in [5, 5.41) is 11.5. The second-order valence-electron chi connectivity index (χ2n) is 4.26. The molecule has 2 rings (SSSR count). The predicted molar refractivity (Wildman–Crippen MR) is 78.1 cm³/mol. The second-order valence-corrected chi connectivity index (χ2v) is 4.66. The Labute approximate surface area is 129 Å². The summed E-state index contributed by atoms with van der Waals surface area (Å²) in [6.45, 7) is 0. The van der Waals surface area contributed by atoms with E-state index in [-0.39, 0.29) is 10.7 Å². The minimum atomic E-state index is -4.47. The summed E-state index contributed by atoms with van der Waals surface area (Å²) in [7, 11) is 0. The molecule has 0 aliphatic heterocycles. The Kier molecular flexibility index (Phi) is 4.68. The highest BCUT2D eigenvalue weighted by Gasteiger charge is 2.31. The number of aromatic nitrogens is 1.